The summed E-state index contributed by atoms with van der Waals surface area (Å²) in [6, 6.07) is 2.63. The van der Waals surface area contributed by atoms with Crippen LogP contribution < -0.4 is 0 Å². The lowest BCUT2D eigenvalue weighted by molar-refractivity contribution is 0.137. The topological polar surface area (TPSA) is 18.5 Å². The van der Waals surface area contributed by atoms with Gasteiger partial charge in [0, 0.05) is 22.7 Å². The van der Waals surface area contributed by atoms with Gasteiger partial charge < -0.3 is 8.85 Å². The SMILES string of the molecule is CC(C)(C)O[SiH2]CCCSSCCC[SiH2]OC(C)(C)C. The first-order valence-electron chi connectivity index (χ1n) is 7.73. The van der Waals surface area contributed by atoms with Crippen LogP contribution in [0.5, 0.6) is 0 Å². The fraction of sp³-hybridized carbons (Fsp3) is 1.00. The summed E-state index contributed by atoms with van der Waals surface area (Å²) in [6.45, 7) is 12.9. The highest BCUT2D eigenvalue weighted by Gasteiger charge is 2.09. The molecule has 0 unspecified atom stereocenters. The summed E-state index contributed by atoms with van der Waals surface area (Å²) >= 11 is 0. The van der Waals surface area contributed by atoms with Crippen molar-refractivity contribution in [2.24, 2.45) is 0 Å². The van der Waals surface area contributed by atoms with Gasteiger partial charge in [-0.2, -0.15) is 0 Å². The molecule has 0 aliphatic carbocycles. The van der Waals surface area contributed by atoms with Gasteiger partial charge in [-0.1, -0.05) is 21.6 Å². The Kier molecular flexibility index (Phi) is 12.2. The maximum Gasteiger partial charge on any atom is 0.162 e. The largest absolute Gasteiger partial charge is 0.419 e. The first kappa shape index (κ1) is 21.1. The minimum atomic E-state index is -0.291. The van der Waals surface area contributed by atoms with Crippen LogP contribution in [-0.2, 0) is 8.85 Å². The van der Waals surface area contributed by atoms with Crippen LogP contribution in [0.1, 0.15) is 54.4 Å². The molecule has 2 nitrogen and oxygen atoms in total. The monoisotopic (exact) mass is 354 g/mol. The molecule has 0 aliphatic rings. The molecule has 0 saturated carbocycles. The van der Waals surface area contributed by atoms with Crippen LogP contribution in [0.2, 0.25) is 12.1 Å². The van der Waals surface area contributed by atoms with Gasteiger partial charge in [-0.15, -0.1) is 0 Å². The Morgan fingerprint density at radius 3 is 1.35 bits per heavy atom. The molecule has 0 radical (unpaired) electrons. The molecule has 0 saturated heterocycles. The molecule has 6 heteroatoms. The third kappa shape index (κ3) is 19.1. The van der Waals surface area contributed by atoms with E-state index in [0.717, 1.165) is 0 Å². The quantitative estimate of drug-likeness (QED) is 0.319. The number of hydrogen-bond donors (Lipinski definition) is 0. The predicted molar refractivity (Wildman–Crippen MR) is 103 cm³/mol. The second kappa shape index (κ2) is 11.6. The van der Waals surface area contributed by atoms with Crippen molar-refractivity contribution in [3.63, 3.8) is 0 Å². The van der Waals surface area contributed by atoms with Crippen molar-refractivity contribution in [2.75, 3.05) is 11.5 Å². The summed E-state index contributed by atoms with van der Waals surface area (Å²) < 4.78 is 11.7. The first-order valence-corrected chi connectivity index (χ1v) is 13.4. The van der Waals surface area contributed by atoms with Crippen LogP contribution in [0.4, 0.5) is 0 Å². The van der Waals surface area contributed by atoms with Gasteiger partial charge >= 0.3 is 0 Å². The summed E-state index contributed by atoms with van der Waals surface area (Å²) in [5.41, 5.74) is 0.153. The lowest BCUT2D eigenvalue weighted by atomic mass is 10.2. The summed E-state index contributed by atoms with van der Waals surface area (Å²) in [5.74, 6) is 2.56. The van der Waals surface area contributed by atoms with Crippen LogP contribution in [0, 0.1) is 0 Å². The fourth-order valence-electron chi connectivity index (χ4n) is 1.40. The van der Waals surface area contributed by atoms with Gasteiger partial charge in [0.05, 0.1) is 0 Å². The Labute approximate surface area is 139 Å². The van der Waals surface area contributed by atoms with Crippen molar-refractivity contribution in [1.29, 1.82) is 0 Å². The molecular formula is C14H34O2S2Si2. The lowest BCUT2D eigenvalue weighted by Gasteiger charge is -2.19. The summed E-state index contributed by atoms with van der Waals surface area (Å²) in [6.07, 6.45) is 2.64. The Balaban J connectivity index is 3.10. The van der Waals surface area contributed by atoms with Gasteiger partial charge in [-0.25, -0.2) is 0 Å². The van der Waals surface area contributed by atoms with E-state index in [9.17, 15) is 0 Å². The Morgan fingerprint density at radius 1 is 0.700 bits per heavy atom. The van der Waals surface area contributed by atoms with E-state index in [1.807, 2.05) is 21.6 Å². The van der Waals surface area contributed by atoms with E-state index >= 15 is 0 Å². The smallest absolute Gasteiger partial charge is 0.162 e. The van der Waals surface area contributed by atoms with E-state index in [-0.39, 0.29) is 30.7 Å². The van der Waals surface area contributed by atoms with Crippen molar-refractivity contribution in [3.05, 3.63) is 0 Å². The molecule has 0 rings (SSSR count). The molecule has 0 aromatic rings. The molecule has 0 spiro atoms. The highest BCUT2D eigenvalue weighted by atomic mass is 33.1. The highest BCUT2D eigenvalue weighted by molar-refractivity contribution is 8.76. The Hall–Kier alpha value is 1.05. The summed E-state index contributed by atoms with van der Waals surface area (Å²) in [7, 11) is 3.48. The Bertz CT molecular complexity index is 204. The van der Waals surface area contributed by atoms with E-state index in [1.165, 1.54) is 36.4 Å². The molecule has 0 heterocycles. The van der Waals surface area contributed by atoms with Crippen LogP contribution >= 0.6 is 21.6 Å². The third-order valence-electron chi connectivity index (χ3n) is 2.40. The standard InChI is InChI=1S/C14H34O2S2Si2/c1-13(2,3)15-19-11-7-9-17-18-10-8-12-20-16-14(4,5)6/h7-12,19-20H2,1-6H3. The molecule has 0 aromatic carbocycles. The number of rotatable bonds is 11. The van der Waals surface area contributed by atoms with E-state index < -0.39 is 0 Å². The van der Waals surface area contributed by atoms with Crippen molar-refractivity contribution in [2.45, 2.75) is 77.7 Å². The highest BCUT2D eigenvalue weighted by Crippen LogP contribution is 2.24. The molecular weight excluding hydrogens is 320 g/mol. The van der Waals surface area contributed by atoms with Crippen molar-refractivity contribution < 1.29 is 8.85 Å². The van der Waals surface area contributed by atoms with Gasteiger partial charge in [-0.3, -0.25) is 0 Å². The minimum Gasteiger partial charge on any atom is -0.419 e. The van der Waals surface area contributed by atoms with Gasteiger partial charge in [0.25, 0.3) is 0 Å². The summed E-state index contributed by atoms with van der Waals surface area (Å²) in [4.78, 5) is 0. The van der Waals surface area contributed by atoms with Crippen molar-refractivity contribution >= 4 is 41.1 Å². The molecule has 0 aromatic heterocycles. The van der Waals surface area contributed by atoms with Crippen LogP contribution in [0.15, 0.2) is 0 Å². The van der Waals surface area contributed by atoms with Gasteiger partial charge in [0.2, 0.25) is 0 Å². The number of hydrogen-bond acceptors (Lipinski definition) is 4. The average molecular weight is 355 g/mol. The average Bonchev–Trinajstić information content (AvgIpc) is 2.27. The molecule has 122 valence electrons. The van der Waals surface area contributed by atoms with Crippen LogP contribution in [0.25, 0.3) is 0 Å². The first-order chi connectivity index (χ1) is 9.21. The molecule has 20 heavy (non-hydrogen) atoms. The Morgan fingerprint density at radius 2 is 1.05 bits per heavy atom. The van der Waals surface area contributed by atoms with Gasteiger partial charge in [0.15, 0.2) is 19.5 Å². The maximum atomic E-state index is 5.84. The maximum absolute atomic E-state index is 5.84. The van der Waals surface area contributed by atoms with Crippen molar-refractivity contribution in [3.8, 4) is 0 Å². The normalized spacial score (nSPS) is 14.1. The zero-order valence-corrected chi connectivity index (χ0v) is 18.8. The van der Waals surface area contributed by atoms with Crippen LogP contribution in [-0.4, -0.2) is 42.2 Å². The van der Waals surface area contributed by atoms with E-state index in [1.54, 1.807) is 0 Å². The predicted octanol–water partition coefficient (Wildman–Crippen LogP) is 3.78. The zero-order chi connectivity index (χ0) is 15.5. The molecule has 0 bridgehead atoms. The van der Waals surface area contributed by atoms with E-state index in [2.05, 4.69) is 41.5 Å². The zero-order valence-electron chi connectivity index (χ0n) is 14.3. The molecule has 0 fully saturated rings. The van der Waals surface area contributed by atoms with E-state index in [0.29, 0.717) is 0 Å². The summed E-state index contributed by atoms with van der Waals surface area (Å²) in [5, 5.41) is 0. The molecule has 0 atom stereocenters. The van der Waals surface area contributed by atoms with Crippen molar-refractivity contribution in [1.82, 2.24) is 0 Å². The minimum absolute atomic E-state index is 0.0765. The van der Waals surface area contributed by atoms with E-state index in [4.69, 9.17) is 8.85 Å². The van der Waals surface area contributed by atoms with Gasteiger partial charge in [0.1, 0.15) is 0 Å². The molecule has 0 aliphatic heterocycles. The van der Waals surface area contributed by atoms with Gasteiger partial charge in [-0.05, 0) is 66.5 Å². The third-order valence-corrected chi connectivity index (χ3v) is 8.69. The fourth-order valence-corrected chi connectivity index (χ4v) is 6.84. The lowest BCUT2D eigenvalue weighted by Crippen LogP contribution is -2.21. The molecule has 0 N–H and O–H groups in total. The van der Waals surface area contributed by atoms with Crippen LogP contribution in [0.3, 0.4) is 0 Å². The molecule has 0 amide bonds. The second-order valence-electron chi connectivity index (χ2n) is 6.98. The second-order valence-corrected chi connectivity index (χ2v) is 12.5.